The van der Waals surface area contributed by atoms with Crippen LogP contribution in [0.4, 0.5) is 16.0 Å². The molecule has 1 saturated heterocycles. The van der Waals surface area contributed by atoms with Crippen LogP contribution >= 0.6 is 0 Å². The molecule has 1 aliphatic heterocycles. The smallest absolute Gasteiger partial charge is 0.356 e. The first-order valence-corrected chi connectivity index (χ1v) is 15.0. The van der Waals surface area contributed by atoms with E-state index in [1.807, 2.05) is 26.0 Å². The number of nitrogens with zero attached hydrogens (tertiary/aromatic N) is 6. The van der Waals surface area contributed by atoms with E-state index in [-0.39, 0.29) is 65.7 Å². The van der Waals surface area contributed by atoms with Gasteiger partial charge in [-0.2, -0.15) is 4.98 Å². The van der Waals surface area contributed by atoms with Crippen molar-refractivity contribution in [2.45, 2.75) is 39.7 Å². The number of hydrogen-bond acceptors (Lipinski definition) is 8. The molecule has 3 heterocycles. The average Bonchev–Trinajstić information content (AvgIpc) is 3.05. The molecular formula is C35H35FN6O4. The van der Waals surface area contributed by atoms with E-state index in [2.05, 4.69) is 28.3 Å². The second kappa shape index (κ2) is 13.3. The third kappa shape index (κ3) is 5.83. The van der Waals surface area contributed by atoms with E-state index in [9.17, 15) is 19.6 Å². The van der Waals surface area contributed by atoms with Crippen molar-refractivity contribution in [1.29, 1.82) is 0 Å². The van der Waals surface area contributed by atoms with Gasteiger partial charge in [0.15, 0.2) is 5.82 Å². The van der Waals surface area contributed by atoms with Crippen molar-refractivity contribution >= 4 is 40.0 Å². The number of phenolic OH excluding ortho intramolecular Hbond substituents is 1. The predicted octanol–water partition coefficient (Wildman–Crippen LogP) is 6.39. The van der Waals surface area contributed by atoms with Crippen molar-refractivity contribution in [3.05, 3.63) is 111 Å². The minimum absolute atomic E-state index is 0.0396. The Morgan fingerprint density at radius 2 is 1.96 bits per heavy atom. The zero-order valence-corrected chi connectivity index (χ0v) is 26.0. The Kier molecular flexibility index (Phi) is 9.22. The van der Waals surface area contributed by atoms with Crippen LogP contribution in [-0.4, -0.2) is 56.1 Å². The number of hydrogen-bond donors (Lipinski definition) is 1. The van der Waals surface area contributed by atoms with Gasteiger partial charge in [-0.25, -0.2) is 13.8 Å². The lowest BCUT2D eigenvalue weighted by Crippen LogP contribution is -2.54. The van der Waals surface area contributed by atoms with Crippen LogP contribution in [0.2, 0.25) is 0 Å². The van der Waals surface area contributed by atoms with Gasteiger partial charge in [-0.15, -0.1) is 4.91 Å². The number of carbonyl (C=O) groups excluding carboxylic acids is 1. The number of halogens is 1. The Balaban J connectivity index is 1.76. The Labute approximate surface area is 265 Å². The van der Waals surface area contributed by atoms with Gasteiger partial charge in [0.25, 0.3) is 0 Å². The summed E-state index contributed by atoms with van der Waals surface area (Å²) in [5.41, 5.74) is 0.812. The molecule has 46 heavy (non-hydrogen) atoms. The van der Waals surface area contributed by atoms with E-state index in [1.165, 1.54) is 12.1 Å². The lowest BCUT2D eigenvalue weighted by Gasteiger charge is -2.40. The lowest BCUT2D eigenvalue weighted by molar-refractivity contribution is -0.126. The lowest BCUT2D eigenvalue weighted by atomic mass is 9.96. The molecule has 0 unspecified atom stereocenters. The molecule has 0 radical (unpaired) electrons. The van der Waals surface area contributed by atoms with Gasteiger partial charge in [-0.3, -0.25) is 9.78 Å². The van der Waals surface area contributed by atoms with Gasteiger partial charge in [0.2, 0.25) is 5.91 Å². The van der Waals surface area contributed by atoms with Crippen LogP contribution in [0.1, 0.15) is 42.7 Å². The van der Waals surface area contributed by atoms with Crippen LogP contribution in [0.5, 0.6) is 5.75 Å². The second-order valence-electron chi connectivity index (χ2n) is 11.2. The van der Waals surface area contributed by atoms with E-state index in [1.54, 1.807) is 47.2 Å². The molecular weight excluding hydrogens is 587 g/mol. The molecule has 0 saturated carbocycles. The summed E-state index contributed by atoms with van der Waals surface area (Å²) >= 11 is 0. The van der Waals surface area contributed by atoms with Crippen LogP contribution in [-0.2, 0) is 11.2 Å². The van der Waals surface area contributed by atoms with Crippen LogP contribution in [0.3, 0.4) is 0 Å². The Morgan fingerprint density at radius 3 is 2.65 bits per heavy atom. The van der Waals surface area contributed by atoms with E-state index in [4.69, 9.17) is 0 Å². The number of aromatic hydroxyl groups is 1. The first-order valence-electron chi connectivity index (χ1n) is 15.0. The number of pyridine rings is 1. The van der Waals surface area contributed by atoms with Crippen LogP contribution in [0.15, 0.2) is 83.7 Å². The van der Waals surface area contributed by atoms with Gasteiger partial charge in [-0.1, -0.05) is 56.8 Å². The second-order valence-corrected chi connectivity index (χ2v) is 11.2. The maximum atomic E-state index is 16.5. The number of anilines is 1. The number of aromatic nitrogens is 3. The maximum absolute atomic E-state index is 16.5. The van der Waals surface area contributed by atoms with Crippen molar-refractivity contribution in [2.24, 2.45) is 5.18 Å². The summed E-state index contributed by atoms with van der Waals surface area (Å²) in [6, 6.07) is 11.7. The van der Waals surface area contributed by atoms with E-state index >= 15 is 4.39 Å². The van der Waals surface area contributed by atoms with Crippen molar-refractivity contribution in [3.8, 4) is 11.4 Å². The molecule has 2 aromatic carbocycles. The van der Waals surface area contributed by atoms with Crippen LogP contribution < -0.4 is 10.6 Å². The third-order valence-corrected chi connectivity index (χ3v) is 8.24. The number of aryl methyl sites for hydroxylation is 2. The zero-order valence-electron chi connectivity index (χ0n) is 26.0. The number of piperazine rings is 1. The number of rotatable bonds is 9. The minimum atomic E-state index is -0.866. The highest BCUT2D eigenvalue weighted by atomic mass is 19.1. The van der Waals surface area contributed by atoms with Crippen molar-refractivity contribution in [2.75, 3.05) is 24.5 Å². The molecule has 1 fully saturated rings. The first-order chi connectivity index (χ1) is 22.1. The highest BCUT2D eigenvalue weighted by molar-refractivity contribution is 6.00. The number of fused-ring (bicyclic) bond motifs is 1. The molecule has 2 aromatic heterocycles. The number of allylic oxidation sites excluding steroid dienone is 2. The highest BCUT2D eigenvalue weighted by Gasteiger charge is 2.31. The number of carbonyl (C=O) groups is 1. The molecule has 11 heteroatoms. The maximum Gasteiger partial charge on any atom is 0.356 e. The standard InChI is InChI=1S/C35H35FN6O4/c1-6-10-28-32(21(3)15-16-37-28)42-34(39-46)26(33(38-35(42)45)41-18-17-40(20-22(41)4)30(44)7-2)19-27(36)23(5)31-25-12-9-8-11-24(25)13-14-29(31)43/h7-9,11-16,19,22,43H,2,5-6,10,17-18,20H2,1,3-4H3/b27-19+/t22-/m0/s1. The van der Waals surface area contributed by atoms with Gasteiger partial charge in [0.1, 0.15) is 17.4 Å². The summed E-state index contributed by atoms with van der Waals surface area (Å²) in [6.07, 6.45) is 5.17. The molecule has 0 bridgehead atoms. The largest absolute Gasteiger partial charge is 0.507 e. The highest BCUT2D eigenvalue weighted by Crippen LogP contribution is 2.39. The normalized spacial score (nSPS) is 15.2. The summed E-state index contributed by atoms with van der Waals surface area (Å²) in [4.78, 5) is 51.2. The van der Waals surface area contributed by atoms with Crippen molar-refractivity contribution in [1.82, 2.24) is 19.4 Å². The fourth-order valence-corrected chi connectivity index (χ4v) is 6.00. The molecule has 1 atom stereocenters. The van der Waals surface area contributed by atoms with Gasteiger partial charge in [0, 0.05) is 43.0 Å². The van der Waals surface area contributed by atoms with Gasteiger partial charge < -0.3 is 14.9 Å². The van der Waals surface area contributed by atoms with Crippen molar-refractivity contribution < 1.29 is 14.3 Å². The summed E-state index contributed by atoms with van der Waals surface area (Å²) < 4.78 is 17.5. The monoisotopic (exact) mass is 622 g/mol. The van der Waals surface area contributed by atoms with E-state index in [0.29, 0.717) is 35.2 Å². The molecule has 0 aliphatic carbocycles. The molecule has 4 aromatic rings. The first kappa shape index (κ1) is 32.0. The molecule has 10 nitrogen and oxygen atoms in total. The minimum Gasteiger partial charge on any atom is -0.507 e. The molecule has 236 valence electrons. The quantitative estimate of drug-likeness (QED) is 0.130. The van der Waals surface area contributed by atoms with Crippen LogP contribution in [0.25, 0.3) is 28.1 Å². The molecule has 0 spiro atoms. The van der Waals surface area contributed by atoms with Crippen molar-refractivity contribution in [3.63, 3.8) is 0 Å². The third-order valence-electron chi connectivity index (χ3n) is 8.24. The summed E-state index contributed by atoms with van der Waals surface area (Å²) in [6.45, 7) is 13.9. The van der Waals surface area contributed by atoms with Gasteiger partial charge in [-0.05, 0) is 66.1 Å². The number of amides is 1. The molecule has 1 N–H and O–H groups in total. The molecule has 1 amide bonds. The molecule has 5 rings (SSSR count). The number of phenols is 1. The number of nitroso groups, excluding NO2 is 1. The Hall–Kier alpha value is -5.45. The molecule has 1 aliphatic rings. The predicted molar refractivity (Wildman–Crippen MR) is 179 cm³/mol. The fourth-order valence-electron chi connectivity index (χ4n) is 6.00. The zero-order chi connectivity index (χ0) is 33.1. The van der Waals surface area contributed by atoms with Crippen LogP contribution in [0, 0.1) is 11.8 Å². The fraction of sp³-hybridized carbons (Fsp3) is 0.257. The Morgan fingerprint density at radius 1 is 1.20 bits per heavy atom. The topological polar surface area (TPSA) is 121 Å². The Bertz CT molecular complexity index is 1970. The van der Waals surface area contributed by atoms with Gasteiger partial charge in [0.05, 0.1) is 16.9 Å². The number of benzene rings is 2. The summed E-state index contributed by atoms with van der Waals surface area (Å²) in [7, 11) is 0. The summed E-state index contributed by atoms with van der Waals surface area (Å²) in [5, 5.41) is 15.4. The van der Waals surface area contributed by atoms with E-state index < -0.39 is 11.5 Å². The van der Waals surface area contributed by atoms with Gasteiger partial charge >= 0.3 is 5.69 Å². The van der Waals surface area contributed by atoms with E-state index in [0.717, 1.165) is 16.0 Å². The summed E-state index contributed by atoms with van der Waals surface area (Å²) in [5.74, 6) is -1.59. The average molecular weight is 623 g/mol. The SMILES string of the molecule is C=CC(=O)N1CCN(c2nc(=O)n(-c3c(C)ccnc3CCC)c(N=O)c2/C=C(/F)C(=C)c2c(O)ccc3ccccc23)[C@@H](C)C1.